The molecule has 0 bridgehead atoms. The summed E-state index contributed by atoms with van der Waals surface area (Å²) in [6, 6.07) is 9.39. The zero-order chi connectivity index (χ0) is 17.0. The number of sulfonamides is 1. The number of aromatic nitrogens is 1. The molecular formula is C15H16ClN3O3S. The summed E-state index contributed by atoms with van der Waals surface area (Å²) in [5.41, 5.74) is 0.791. The smallest absolute Gasteiger partial charge is 0.253 e. The lowest BCUT2D eigenvalue weighted by molar-refractivity contribution is 0.0950. The Hall–Kier alpha value is -1.96. The van der Waals surface area contributed by atoms with Crippen LogP contribution in [0.4, 0.5) is 0 Å². The average Bonchev–Trinajstić information content (AvgIpc) is 2.53. The number of carbonyl (C=O) groups is 1. The van der Waals surface area contributed by atoms with E-state index in [9.17, 15) is 13.2 Å². The second-order valence-electron chi connectivity index (χ2n) is 4.93. The summed E-state index contributed by atoms with van der Waals surface area (Å²) < 4.78 is 25.4. The van der Waals surface area contributed by atoms with E-state index in [0.717, 1.165) is 4.31 Å². The second kappa shape index (κ2) is 7.08. The van der Waals surface area contributed by atoms with E-state index in [-0.39, 0.29) is 22.0 Å². The first-order valence-electron chi connectivity index (χ1n) is 6.72. The van der Waals surface area contributed by atoms with Gasteiger partial charge in [0.2, 0.25) is 10.0 Å². The van der Waals surface area contributed by atoms with Gasteiger partial charge in [0.05, 0.1) is 27.7 Å². The van der Waals surface area contributed by atoms with Crippen LogP contribution in [0, 0.1) is 0 Å². The Balaban J connectivity index is 2.23. The first-order chi connectivity index (χ1) is 10.8. The van der Waals surface area contributed by atoms with Crippen LogP contribution in [-0.4, -0.2) is 37.7 Å². The molecular weight excluding hydrogens is 338 g/mol. The minimum absolute atomic E-state index is 0.00915. The first-order valence-corrected chi connectivity index (χ1v) is 8.54. The van der Waals surface area contributed by atoms with E-state index in [4.69, 9.17) is 11.6 Å². The minimum atomic E-state index is -3.63. The fourth-order valence-corrected chi connectivity index (χ4v) is 2.95. The molecule has 23 heavy (non-hydrogen) atoms. The average molecular weight is 354 g/mol. The molecule has 0 aliphatic rings. The van der Waals surface area contributed by atoms with Crippen LogP contribution in [0.1, 0.15) is 16.1 Å². The maximum absolute atomic E-state index is 12.3. The third-order valence-corrected chi connectivity index (χ3v) is 5.26. The molecule has 0 aliphatic heterocycles. The van der Waals surface area contributed by atoms with Gasteiger partial charge in [-0.1, -0.05) is 17.7 Å². The third-order valence-electron chi connectivity index (χ3n) is 3.12. The summed E-state index contributed by atoms with van der Waals surface area (Å²) in [6.07, 6.45) is 1.62. The van der Waals surface area contributed by atoms with Crippen molar-refractivity contribution in [1.82, 2.24) is 14.6 Å². The van der Waals surface area contributed by atoms with Gasteiger partial charge in [0.1, 0.15) is 0 Å². The Kier molecular flexibility index (Phi) is 5.35. The first kappa shape index (κ1) is 17.4. The van der Waals surface area contributed by atoms with Crippen molar-refractivity contribution in [2.45, 2.75) is 11.4 Å². The fraction of sp³-hybridized carbons (Fsp3) is 0.200. The Labute approximate surface area is 140 Å². The number of amides is 1. The molecule has 0 aliphatic carbocycles. The lowest BCUT2D eigenvalue weighted by atomic mass is 10.2. The molecule has 1 N–H and O–H groups in total. The lowest BCUT2D eigenvalue weighted by Crippen LogP contribution is -2.25. The Morgan fingerprint density at radius 3 is 2.61 bits per heavy atom. The molecule has 8 heteroatoms. The molecule has 0 saturated carbocycles. The number of nitrogens with one attached hydrogen (secondary N) is 1. The van der Waals surface area contributed by atoms with Crippen LogP contribution in [-0.2, 0) is 16.6 Å². The standard InChI is InChI=1S/C15H16ClN3O3S/c1-19(2)23(21,22)12-6-7-14(16)13(9-12)15(20)18-10-11-5-3-4-8-17-11/h3-9H,10H2,1-2H3,(H,18,20). The van der Waals surface area contributed by atoms with Gasteiger partial charge in [-0.25, -0.2) is 12.7 Å². The van der Waals surface area contributed by atoms with Crippen LogP contribution in [0.25, 0.3) is 0 Å². The van der Waals surface area contributed by atoms with Gasteiger partial charge in [0.25, 0.3) is 5.91 Å². The van der Waals surface area contributed by atoms with Crippen LogP contribution in [0.15, 0.2) is 47.5 Å². The van der Waals surface area contributed by atoms with E-state index in [1.54, 1.807) is 18.3 Å². The van der Waals surface area contributed by atoms with Gasteiger partial charge in [0, 0.05) is 20.3 Å². The van der Waals surface area contributed by atoms with Gasteiger partial charge in [-0.05, 0) is 30.3 Å². The molecule has 0 spiro atoms. The number of nitrogens with zero attached hydrogens (tertiary/aromatic N) is 2. The van der Waals surface area contributed by atoms with E-state index in [1.807, 2.05) is 6.07 Å². The van der Waals surface area contributed by atoms with E-state index >= 15 is 0 Å². The van der Waals surface area contributed by atoms with Gasteiger partial charge in [0.15, 0.2) is 0 Å². The van der Waals surface area contributed by atoms with Crippen molar-refractivity contribution in [1.29, 1.82) is 0 Å². The molecule has 0 fully saturated rings. The molecule has 0 atom stereocenters. The molecule has 1 aromatic carbocycles. The monoisotopic (exact) mass is 353 g/mol. The quantitative estimate of drug-likeness (QED) is 0.890. The predicted octanol–water partition coefficient (Wildman–Crippen LogP) is 1.92. The molecule has 0 unspecified atom stereocenters. The van der Waals surface area contributed by atoms with E-state index < -0.39 is 15.9 Å². The summed E-state index contributed by atoms with van der Waals surface area (Å²) >= 11 is 6.02. The van der Waals surface area contributed by atoms with Crippen LogP contribution in [0.3, 0.4) is 0 Å². The second-order valence-corrected chi connectivity index (χ2v) is 7.49. The number of pyridine rings is 1. The van der Waals surface area contributed by atoms with Gasteiger partial charge < -0.3 is 5.32 Å². The van der Waals surface area contributed by atoms with Gasteiger partial charge in [-0.3, -0.25) is 9.78 Å². The molecule has 1 amide bonds. The highest BCUT2D eigenvalue weighted by Crippen LogP contribution is 2.22. The number of hydrogen-bond acceptors (Lipinski definition) is 4. The Morgan fingerprint density at radius 2 is 2.00 bits per heavy atom. The summed E-state index contributed by atoms with van der Waals surface area (Å²) in [5, 5.41) is 2.85. The van der Waals surface area contributed by atoms with Crippen LogP contribution in [0.5, 0.6) is 0 Å². The van der Waals surface area contributed by atoms with Crippen molar-refractivity contribution in [3.05, 3.63) is 58.9 Å². The van der Waals surface area contributed by atoms with E-state index in [1.165, 1.54) is 32.3 Å². The molecule has 1 aromatic heterocycles. The van der Waals surface area contributed by atoms with Crippen LogP contribution < -0.4 is 5.32 Å². The lowest BCUT2D eigenvalue weighted by Gasteiger charge is -2.13. The number of halogens is 1. The molecule has 0 saturated heterocycles. The number of hydrogen-bond donors (Lipinski definition) is 1. The molecule has 1 heterocycles. The summed E-state index contributed by atoms with van der Waals surface area (Å²) in [7, 11) is -0.792. The largest absolute Gasteiger partial charge is 0.346 e. The highest BCUT2D eigenvalue weighted by Gasteiger charge is 2.20. The fourth-order valence-electron chi connectivity index (χ4n) is 1.82. The van der Waals surface area contributed by atoms with Crippen molar-refractivity contribution in [2.75, 3.05) is 14.1 Å². The summed E-state index contributed by atoms with van der Waals surface area (Å²) in [4.78, 5) is 16.4. The number of carbonyl (C=O) groups excluding carboxylic acids is 1. The third kappa shape index (κ3) is 4.07. The van der Waals surface area contributed by atoms with E-state index in [2.05, 4.69) is 10.3 Å². The SMILES string of the molecule is CN(C)S(=O)(=O)c1ccc(Cl)c(C(=O)NCc2ccccn2)c1. The number of rotatable bonds is 5. The normalized spacial score (nSPS) is 11.5. The van der Waals surface area contributed by atoms with Crippen LogP contribution in [0.2, 0.25) is 5.02 Å². The molecule has 2 rings (SSSR count). The predicted molar refractivity (Wildman–Crippen MR) is 87.7 cm³/mol. The molecule has 0 radical (unpaired) electrons. The Morgan fingerprint density at radius 1 is 1.26 bits per heavy atom. The summed E-state index contributed by atoms with van der Waals surface area (Å²) in [5.74, 6) is -0.462. The van der Waals surface area contributed by atoms with Gasteiger partial charge in [-0.2, -0.15) is 0 Å². The van der Waals surface area contributed by atoms with Gasteiger partial charge in [-0.15, -0.1) is 0 Å². The summed E-state index contributed by atoms with van der Waals surface area (Å²) in [6.45, 7) is 0.223. The highest BCUT2D eigenvalue weighted by molar-refractivity contribution is 7.89. The van der Waals surface area contributed by atoms with Crippen molar-refractivity contribution < 1.29 is 13.2 Å². The van der Waals surface area contributed by atoms with Crippen molar-refractivity contribution >= 4 is 27.5 Å². The van der Waals surface area contributed by atoms with E-state index in [0.29, 0.717) is 5.69 Å². The Bertz CT molecular complexity index is 808. The van der Waals surface area contributed by atoms with Gasteiger partial charge >= 0.3 is 0 Å². The topological polar surface area (TPSA) is 79.4 Å². The maximum atomic E-state index is 12.3. The van der Waals surface area contributed by atoms with Crippen molar-refractivity contribution in [3.63, 3.8) is 0 Å². The zero-order valence-corrected chi connectivity index (χ0v) is 14.2. The molecule has 6 nitrogen and oxygen atoms in total. The maximum Gasteiger partial charge on any atom is 0.253 e. The van der Waals surface area contributed by atoms with Crippen LogP contribution >= 0.6 is 11.6 Å². The molecule has 122 valence electrons. The zero-order valence-electron chi connectivity index (χ0n) is 12.7. The van der Waals surface area contributed by atoms with Crippen molar-refractivity contribution in [3.8, 4) is 0 Å². The molecule has 2 aromatic rings. The highest BCUT2D eigenvalue weighted by atomic mass is 35.5. The number of benzene rings is 1. The van der Waals surface area contributed by atoms with Crippen molar-refractivity contribution in [2.24, 2.45) is 0 Å². The minimum Gasteiger partial charge on any atom is -0.346 e.